The molecule has 0 amide bonds. The molecule has 2 rings (SSSR count). The van der Waals surface area contributed by atoms with Crippen LogP contribution >= 0.6 is 0 Å². The fraction of sp³-hybridized carbons (Fsp3) is 0.294. The summed E-state index contributed by atoms with van der Waals surface area (Å²) in [6.07, 6.45) is -0.736. The van der Waals surface area contributed by atoms with E-state index in [1.807, 2.05) is 31.2 Å². The summed E-state index contributed by atoms with van der Waals surface area (Å²) in [5.74, 6) is -0.456. The normalized spacial score (nSPS) is 14.1. The summed E-state index contributed by atoms with van der Waals surface area (Å²) in [5, 5.41) is 10.6. The molecule has 0 spiro atoms. The van der Waals surface area contributed by atoms with Crippen molar-refractivity contribution in [1.82, 2.24) is 0 Å². The molecule has 0 radical (unpaired) electrons. The van der Waals surface area contributed by atoms with Gasteiger partial charge in [0.25, 0.3) is 0 Å². The van der Waals surface area contributed by atoms with E-state index in [0.29, 0.717) is 17.7 Å². The fourth-order valence-corrected chi connectivity index (χ4v) is 2.51. The van der Waals surface area contributed by atoms with E-state index < -0.39 is 6.10 Å². The maximum atomic E-state index is 13.3. The molecule has 0 fully saturated rings. The Hall–Kier alpha value is -1.71. The molecule has 0 bridgehead atoms. The number of rotatable bonds is 4. The molecule has 2 nitrogen and oxygen atoms in total. The van der Waals surface area contributed by atoms with Gasteiger partial charge in [-0.2, -0.15) is 0 Å². The van der Waals surface area contributed by atoms with Crippen molar-refractivity contribution in [2.24, 2.45) is 5.73 Å². The number of benzene rings is 2. The van der Waals surface area contributed by atoms with Gasteiger partial charge in [0, 0.05) is 12.5 Å². The van der Waals surface area contributed by atoms with Crippen LogP contribution in [0.1, 0.15) is 34.3 Å². The van der Waals surface area contributed by atoms with Gasteiger partial charge in [-0.25, -0.2) is 4.39 Å². The Morgan fingerprint density at radius 1 is 1.10 bits per heavy atom. The van der Waals surface area contributed by atoms with Crippen molar-refractivity contribution in [3.8, 4) is 0 Å². The highest BCUT2D eigenvalue weighted by atomic mass is 19.1. The standard InChI is InChI=1S/C17H20FNO/c1-11-5-3-4-6-14(11)15(10-19)17(20)13-7-8-16(18)12(2)9-13/h3-9,15,17,20H,10,19H2,1-2H3. The van der Waals surface area contributed by atoms with E-state index in [1.165, 1.54) is 6.07 Å². The topological polar surface area (TPSA) is 46.2 Å². The lowest BCUT2D eigenvalue weighted by atomic mass is 9.86. The molecule has 2 atom stereocenters. The van der Waals surface area contributed by atoms with Crippen LogP contribution in [-0.2, 0) is 0 Å². The van der Waals surface area contributed by atoms with Crippen LogP contribution < -0.4 is 5.73 Å². The molecule has 3 heteroatoms. The first-order valence-electron chi connectivity index (χ1n) is 6.74. The number of aliphatic hydroxyl groups is 1. The summed E-state index contributed by atoms with van der Waals surface area (Å²) in [7, 11) is 0. The first-order chi connectivity index (χ1) is 9.54. The van der Waals surface area contributed by atoms with Crippen molar-refractivity contribution >= 4 is 0 Å². The lowest BCUT2D eigenvalue weighted by Crippen LogP contribution is -2.21. The summed E-state index contributed by atoms with van der Waals surface area (Å²) < 4.78 is 13.3. The molecular weight excluding hydrogens is 253 g/mol. The molecular formula is C17H20FNO. The second kappa shape index (κ2) is 6.16. The lowest BCUT2D eigenvalue weighted by molar-refractivity contribution is 0.147. The highest BCUT2D eigenvalue weighted by Gasteiger charge is 2.23. The van der Waals surface area contributed by atoms with Crippen LogP contribution in [0.5, 0.6) is 0 Å². The minimum Gasteiger partial charge on any atom is -0.388 e. The van der Waals surface area contributed by atoms with Gasteiger partial charge in [0.2, 0.25) is 0 Å². The highest BCUT2D eigenvalue weighted by Crippen LogP contribution is 2.32. The first kappa shape index (κ1) is 14.7. The Labute approximate surface area is 119 Å². The Balaban J connectivity index is 2.36. The Morgan fingerprint density at radius 3 is 2.40 bits per heavy atom. The second-order valence-electron chi connectivity index (χ2n) is 5.15. The molecule has 0 aromatic heterocycles. The molecule has 2 unspecified atom stereocenters. The highest BCUT2D eigenvalue weighted by molar-refractivity contribution is 5.34. The van der Waals surface area contributed by atoms with E-state index >= 15 is 0 Å². The van der Waals surface area contributed by atoms with Crippen LogP contribution in [0.25, 0.3) is 0 Å². The third-order valence-electron chi connectivity index (χ3n) is 3.75. The SMILES string of the molecule is Cc1cc(C(O)C(CN)c2ccccc2C)ccc1F. The second-order valence-corrected chi connectivity index (χ2v) is 5.15. The maximum absolute atomic E-state index is 13.3. The zero-order chi connectivity index (χ0) is 14.7. The number of nitrogens with two attached hydrogens (primary N) is 1. The average Bonchev–Trinajstić information content (AvgIpc) is 2.44. The molecule has 0 heterocycles. The van der Waals surface area contributed by atoms with Gasteiger partial charge in [0.05, 0.1) is 6.10 Å². The van der Waals surface area contributed by atoms with Crippen LogP contribution in [0.15, 0.2) is 42.5 Å². The van der Waals surface area contributed by atoms with Crippen molar-refractivity contribution in [3.63, 3.8) is 0 Å². The van der Waals surface area contributed by atoms with E-state index in [0.717, 1.165) is 11.1 Å². The average molecular weight is 273 g/mol. The molecule has 0 aliphatic rings. The smallest absolute Gasteiger partial charge is 0.126 e. The van der Waals surface area contributed by atoms with Gasteiger partial charge in [-0.1, -0.05) is 36.4 Å². The van der Waals surface area contributed by atoms with Crippen molar-refractivity contribution < 1.29 is 9.50 Å². The molecule has 0 aliphatic heterocycles. The zero-order valence-electron chi connectivity index (χ0n) is 11.8. The summed E-state index contributed by atoms with van der Waals surface area (Å²) in [5.41, 5.74) is 9.20. The number of aliphatic hydroxyl groups excluding tert-OH is 1. The third kappa shape index (κ3) is 2.89. The summed E-state index contributed by atoms with van der Waals surface area (Å²) in [6, 6.07) is 12.6. The zero-order valence-corrected chi connectivity index (χ0v) is 11.8. The lowest BCUT2D eigenvalue weighted by Gasteiger charge is -2.24. The van der Waals surface area contributed by atoms with E-state index in [9.17, 15) is 9.50 Å². The predicted octanol–water partition coefficient (Wildman–Crippen LogP) is 3.22. The number of hydrogen-bond donors (Lipinski definition) is 2. The van der Waals surface area contributed by atoms with Crippen LogP contribution in [0.3, 0.4) is 0 Å². The van der Waals surface area contributed by atoms with Gasteiger partial charge in [-0.3, -0.25) is 0 Å². The Bertz CT molecular complexity index is 597. The van der Waals surface area contributed by atoms with Gasteiger partial charge in [0.15, 0.2) is 0 Å². The largest absolute Gasteiger partial charge is 0.388 e. The molecule has 2 aromatic carbocycles. The molecule has 0 aliphatic carbocycles. The minimum atomic E-state index is -0.736. The first-order valence-corrected chi connectivity index (χ1v) is 6.74. The van der Waals surface area contributed by atoms with Crippen molar-refractivity contribution in [2.45, 2.75) is 25.9 Å². The van der Waals surface area contributed by atoms with E-state index in [-0.39, 0.29) is 11.7 Å². The molecule has 20 heavy (non-hydrogen) atoms. The van der Waals surface area contributed by atoms with E-state index in [4.69, 9.17) is 5.73 Å². The number of hydrogen-bond acceptors (Lipinski definition) is 2. The van der Waals surface area contributed by atoms with Crippen molar-refractivity contribution in [3.05, 3.63) is 70.5 Å². The van der Waals surface area contributed by atoms with Crippen molar-refractivity contribution in [2.75, 3.05) is 6.54 Å². The van der Waals surface area contributed by atoms with Gasteiger partial charge >= 0.3 is 0 Å². The predicted molar refractivity (Wildman–Crippen MR) is 79.1 cm³/mol. The summed E-state index contributed by atoms with van der Waals surface area (Å²) in [4.78, 5) is 0. The molecule has 0 saturated carbocycles. The van der Waals surface area contributed by atoms with Gasteiger partial charge < -0.3 is 10.8 Å². The van der Waals surface area contributed by atoms with E-state index in [2.05, 4.69) is 0 Å². The molecule has 2 aromatic rings. The Kier molecular flexibility index (Phi) is 4.53. The summed E-state index contributed by atoms with van der Waals surface area (Å²) in [6.45, 7) is 4.03. The van der Waals surface area contributed by atoms with Crippen LogP contribution in [-0.4, -0.2) is 11.7 Å². The Morgan fingerprint density at radius 2 is 1.80 bits per heavy atom. The van der Waals surface area contributed by atoms with Gasteiger partial charge in [0.1, 0.15) is 5.82 Å². The van der Waals surface area contributed by atoms with Gasteiger partial charge in [-0.05, 0) is 42.2 Å². The monoisotopic (exact) mass is 273 g/mol. The van der Waals surface area contributed by atoms with E-state index in [1.54, 1.807) is 19.1 Å². The number of aryl methyl sites for hydroxylation is 2. The fourth-order valence-electron chi connectivity index (χ4n) is 2.51. The quantitative estimate of drug-likeness (QED) is 0.898. The van der Waals surface area contributed by atoms with Crippen LogP contribution in [0.4, 0.5) is 4.39 Å². The molecule has 3 N–H and O–H groups in total. The molecule has 0 saturated heterocycles. The van der Waals surface area contributed by atoms with Crippen LogP contribution in [0.2, 0.25) is 0 Å². The van der Waals surface area contributed by atoms with Gasteiger partial charge in [-0.15, -0.1) is 0 Å². The summed E-state index contributed by atoms with van der Waals surface area (Å²) >= 11 is 0. The number of halogens is 1. The van der Waals surface area contributed by atoms with Crippen molar-refractivity contribution in [1.29, 1.82) is 0 Å². The van der Waals surface area contributed by atoms with Crippen LogP contribution in [0, 0.1) is 19.7 Å². The minimum absolute atomic E-state index is 0.193. The molecule has 106 valence electrons. The third-order valence-corrected chi connectivity index (χ3v) is 3.75. The maximum Gasteiger partial charge on any atom is 0.126 e.